The summed E-state index contributed by atoms with van der Waals surface area (Å²) in [6.45, 7) is 4.07. The third kappa shape index (κ3) is 2.76. The van der Waals surface area contributed by atoms with E-state index in [2.05, 4.69) is 15.3 Å². The molecule has 0 fully saturated rings. The van der Waals surface area contributed by atoms with Crippen LogP contribution in [0.4, 0.5) is 0 Å². The molecular weight excluding hydrogens is 278 g/mol. The number of hydrogen-bond donors (Lipinski definition) is 0. The average molecular weight is 295 g/mol. The van der Waals surface area contributed by atoms with Gasteiger partial charge >= 0.3 is 0 Å². The van der Waals surface area contributed by atoms with Crippen LogP contribution in [0.2, 0.25) is 0 Å². The fourth-order valence-electron chi connectivity index (χ4n) is 2.10. The monoisotopic (exact) mass is 295 g/mol. The van der Waals surface area contributed by atoms with Crippen LogP contribution in [0, 0.1) is 0 Å². The lowest BCUT2D eigenvalue weighted by Crippen LogP contribution is -1.96. The van der Waals surface area contributed by atoms with Gasteiger partial charge in [0.1, 0.15) is 11.6 Å². The minimum absolute atomic E-state index is 0.723. The number of benzene rings is 1. The van der Waals surface area contributed by atoms with Gasteiger partial charge < -0.3 is 4.74 Å². The molecule has 1 aromatic carbocycles. The topological polar surface area (TPSA) is 57.8 Å². The smallest absolute Gasteiger partial charge is 0.181 e. The Morgan fingerprint density at radius 3 is 2.64 bits per heavy atom. The molecule has 2 aromatic heterocycles. The van der Waals surface area contributed by atoms with E-state index in [1.165, 1.54) is 5.57 Å². The van der Waals surface area contributed by atoms with E-state index in [1.54, 1.807) is 18.0 Å². The Balaban J connectivity index is 1.93. The molecular formula is C16H17N5O. The highest BCUT2D eigenvalue weighted by molar-refractivity contribution is 5.47. The molecule has 22 heavy (non-hydrogen) atoms. The van der Waals surface area contributed by atoms with E-state index < -0.39 is 0 Å². The standard InChI is InChI=1S/C16H17N5O/c1-12(2)10-15-17-8-9-20(15)16-11-21(19-18-16)13-4-6-14(22-3)7-5-13/h4-11H,1-3H3. The number of imidazole rings is 1. The molecule has 3 aromatic rings. The van der Waals surface area contributed by atoms with Crippen LogP contribution in [0.1, 0.15) is 19.7 Å². The summed E-state index contributed by atoms with van der Waals surface area (Å²) in [5.74, 6) is 2.37. The van der Waals surface area contributed by atoms with Crippen molar-refractivity contribution < 1.29 is 4.74 Å². The van der Waals surface area contributed by atoms with Crippen molar-refractivity contribution in [3.8, 4) is 17.3 Å². The van der Waals surface area contributed by atoms with E-state index >= 15 is 0 Å². The summed E-state index contributed by atoms with van der Waals surface area (Å²) in [5.41, 5.74) is 2.10. The second-order valence-corrected chi connectivity index (χ2v) is 5.10. The van der Waals surface area contributed by atoms with E-state index in [4.69, 9.17) is 4.74 Å². The summed E-state index contributed by atoms with van der Waals surface area (Å²) in [5, 5.41) is 8.40. The third-order valence-electron chi connectivity index (χ3n) is 3.15. The first-order valence-electron chi connectivity index (χ1n) is 6.93. The maximum atomic E-state index is 5.16. The Morgan fingerprint density at radius 1 is 1.18 bits per heavy atom. The van der Waals surface area contributed by atoms with Crippen LogP contribution in [0.5, 0.6) is 5.75 Å². The Morgan fingerprint density at radius 2 is 1.95 bits per heavy atom. The van der Waals surface area contributed by atoms with E-state index in [9.17, 15) is 0 Å². The van der Waals surface area contributed by atoms with Crippen molar-refractivity contribution in [2.75, 3.05) is 7.11 Å². The molecule has 0 bridgehead atoms. The molecule has 112 valence electrons. The van der Waals surface area contributed by atoms with Crippen molar-refractivity contribution in [2.45, 2.75) is 13.8 Å². The van der Waals surface area contributed by atoms with Gasteiger partial charge in [0.15, 0.2) is 5.82 Å². The van der Waals surface area contributed by atoms with Gasteiger partial charge in [0.25, 0.3) is 0 Å². The highest BCUT2D eigenvalue weighted by Gasteiger charge is 2.08. The molecule has 6 heteroatoms. The molecule has 0 atom stereocenters. The van der Waals surface area contributed by atoms with E-state index in [0.29, 0.717) is 0 Å². The number of allylic oxidation sites excluding steroid dienone is 1. The highest BCUT2D eigenvalue weighted by atomic mass is 16.5. The van der Waals surface area contributed by atoms with Crippen LogP contribution in [0.3, 0.4) is 0 Å². The molecule has 6 nitrogen and oxygen atoms in total. The number of aromatic nitrogens is 5. The molecule has 0 unspecified atom stereocenters. The summed E-state index contributed by atoms with van der Waals surface area (Å²) < 4.78 is 8.78. The summed E-state index contributed by atoms with van der Waals surface area (Å²) >= 11 is 0. The predicted octanol–water partition coefficient (Wildman–Crippen LogP) is 2.88. The largest absolute Gasteiger partial charge is 0.497 e. The Bertz CT molecular complexity index is 794. The fraction of sp³-hybridized carbons (Fsp3) is 0.188. The zero-order valence-corrected chi connectivity index (χ0v) is 12.8. The van der Waals surface area contributed by atoms with Gasteiger partial charge in [-0.1, -0.05) is 10.8 Å². The molecule has 0 saturated heterocycles. The first-order chi connectivity index (χ1) is 10.7. The Hall–Kier alpha value is -2.89. The molecule has 3 rings (SSSR count). The van der Waals surface area contributed by atoms with Gasteiger partial charge in [-0.3, -0.25) is 4.57 Å². The first kappa shape index (κ1) is 14.1. The lowest BCUT2D eigenvalue weighted by atomic mass is 10.3. The fourth-order valence-corrected chi connectivity index (χ4v) is 2.10. The van der Waals surface area contributed by atoms with Crippen molar-refractivity contribution in [1.29, 1.82) is 0 Å². The molecule has 0 amide bonds. The van der Waals surface area contributed by atoms with Gasteiger partial charge in [-0.25, -0.2) is 9.67 Å². The van der Waals surface area contributed by atoms with Crippen molar-refractivity contribution in [3.05, 3.63) is 54.3 Å². The predicted molar refractivity (Wildman–Crippen MR) is 84.4 cm³/mol. The summed E-state index contributed by atoms with van der Waals surface area (Å²) in [6, 6.07) is 7.65. The molecule has 0 aliphatic heterocycles. The lowest BCUT2D eigenvalue weighted by Gasteiger charge is -2.02. The van der Waals surface area contributed by atoms with Gasteiger partial charge in [-0.15, -0.1) is 5.10 Å². The van der Waals surface area contributed by atoms with Crippen LogP contribution >= 0.6 is 0 Å². The summed E-state index contributed by atoms with van der Waals surface area (Å²) in [6.07, 6.45) is 7.50. The van der Waals surface area contributed by atoms with Crippen molar-refractivity contribution in [1.82, 2.24) is 24.5 Å². The average Bonchev–Trinajstić information content (AvgIpc) is 3.15. The van der Waals surface area contributed by atoms with Crippen LogP contribution in [-0.4, -0.2) is 31.7 Å². The maximum absolute atomic E-state index is 5.16. The molecule has 0 radical (unpaired) electrons. The SMILES string of the molecule is COc1ccc(-n2cc(-n3ccnc3C=C(C)C)nn2)cc1. The Kier molecular flexibility index (Phi) is 3.74. The zero-order chi connectivity index (χ0) is 15.5. The normalized spacial score (nSPS) is 10.5. The first-order valence-corrected chi connectivity index (χ1v) is 6.93. The zero-order valence-electron chi connectivity index (χ0n) is 12.8. The highest BCUT2D eigenvalue weighted by Crippen LogP contribution is 2.16. The van der Waals surface area contributed by atoms with Gasteiger partial charge in [-0.05, 0) is 44.2 Å². The number of methoxy groups -OCH3 is 1. The summed E-state index contributed by atoms with van der Waals surface area (Å²) in [7, 11) is 1.65. The van der Waals surface area contributed by atoms with Gasteiger partial charge in [0, 0.05) is 12.4 Å². The van der Waals surface area contributed by atoms with Gasteiger partial charge in [0.05, 0.1) is 19.0 Å². The Labute approximate surface area is 128 Å². The molecule has 0 aliphatic rings. The van der Waals surface area contributed by atoms with Crippen molar-refractivity contribution in [2.24, 2.45) is 0 Å². The second kappa shape index (κ2) is 5.85. The van der Waals surface area contributed by atoms with Crippen molar-refractivity contribution in [3.63, 3.8) is 0 Å². The van der Waals surface area contributed by atoms with Crippen LogP contribution < -0.4 is 4.74 Å². The minimum Gasteiger partial charge on any atom is -0.497 e. The minimum atomic E-state index is 0.723. The van der Waals surface area contributed by atoms with Crippen LogP contribution in [-0.2, 0) is 0 Å². The van der Waals surface area contributed by atoms with Crippen LogP contribution in [0.25, 0.3) is 17.6 Å². The van der Waals surface area contributed by atoms with Gasteiger partial charge in [-0.2, -0.15) is 0 Å². The van der Waals surface area contributed by atoms with Gasteiger partial charge in [0.2, 0.25) is 0 Å². The molecule has 2 heterocycles. The lowest BCUT2D eigenvalue weighted by molar-refractivity contribution is 0.414. The van der Waals surface area contributed by atoms with Crippen molar-refractivity contribution >= 4 is 6.08 Å². The van der Waals surface area contributed by atoms with E-state index in [1.807, 2.05) is 61.1 Å². The number of nitrogens with zero attached hydrogens (tertiary/aromatic N) is 5. The quantitative estimate of drug-likeness (QED) is 0.742. The second-order valence-electron chi connectivity index (χ2n) is 5.10. The third-order valence-corrected chi connectivity index (χ3v) is 3.15. The molecule has 0 aliphatic carbocycles. The number of ether oxygens (including phenoxy) is 1. The van der Waals surface area contributed by atoms with E-state index in [0.717, 1.165) is 23.1 Å². The van der Waals surface area contributed by atoms with E-state index in [-0.39, 0.29) is 0 Å². The molecule has 0 N–H and O–H groups in total. The number of hydrogen-bond acceptors (Lipinski definition) is 4. The molecule has 0 spiro atoms. The van der Waals surface area contributed by atoms with Crippen LogP contribution in [0.15, 0.2) is 48.4 Å². The molecule has 0 saturated carbocycles. The maximum Gasteiger partial charge on any atom is 0.181 e. The summed E-state index contributed by atoms with van der Waals surface area (Å²) in [4.78, 5) is 4.33. The number of rotatable bonds is 4.